The molecule has 1 aliphatic rings. The van der Waals surface area contributed by atoms with E-state index in [9.17, 15) is 9.59 Å². The van der Waals surface area contributed by atoms with Crippen molar-refractivity contribution in [1.82, 2.24) is 9.88 Å². The van der Waals surface area contributed by atoms with Gasteiger partial charge in [0.15, 0.2) is 0 Å². The number of nitrogens with one attached hydrogen (secondary N) is 1. The van der Waals surface area contributed by atoms with Crippen molar-refractivity contribution in [3.8, 4) is 0 Å². The molecule has 0 radical (unpaired) electrons. The molecule has 1 saturated heterocycles. The van der Waals surface area contributed by atoms with Gasteiger partial charge in [0.05, 0.1) is 19.3 Å². The van der Waals surface area contributed by atoms with Gasteiger partial charge in [-0.25, -0.2) is 0 Å². The minimum absolute atomic E-state index is 0.0480. The average Bonchev–Trinajstić information content (AvgIpc) is 2.96. The number of carbonyl (C=O) groups excluding carboxylic acids is 2. The highest BCUT2D eigenvalue weighted by molar-refractivity contribution is 5.98. The van der Waals surface area contributed by atoms with Gasteiger partial charge < -0.3 is 20.4 Å². The minimum Gasteiger partial charge on any atom is -0.377 e. The first kappa shape index (κ1) is 17.5. The number of nitrogens with zero attached hydrogens (tertiary/aromatic N) is 1. The number of rotatable bonds is 3. The van der Waals surface area contributed by atoms with E-state index in [1.807, 2.05) is 12.1 Å². The van der Waals surface area contributed by atoms with Gasteiger partial charge in [-0.3, -0.25) is 9.59 Å². The summed E-state index contributed by atoms with van der Waals surface area (Å²) in [5.41, 5.74) is 8.02. The SMILES string of the molecule is CC(C)(C)c1ccc2[nH]c(C(=O)N3CCOCC3CC(N)=O)cc2c1. The van der Waals surface area contributed by atoms with Gasteiger partial charge in [0.1, 0.15) is 5.69 Å². The molecule has 2 amide bonds. The Kier molecular flexibility index (Phi) is 4.56. The largest absolute Gasteiger partial charge is 0.377 e. The molecule has 1 aromatic heterocycles. The molecular formula is C19H25N3O3. The van der Waals surface area contributed by atoms with Crippen molar-refractivity contribution in [3.63, 3.8) is 0 Å². The lowest BCUT2D eigenvalue weighted by molar-refractivity contribution is -0.120. The van der Waals surface area contributed by atoms with E-state index in [-0.39, 0.29) is 23.8 Å². The van der Waals surface area contributed by atoms with Crippen molar-refractivity contribution in [2.24, 2.45) is 5.73 Å². The molecule has 2 heterocycles. The molecule has 1 unspecified atom stereocenters. The van der Waals surface area contributed by atoms with E-state index in [0.29, 0.717) is 25.5 Å². The Balaban J connectivity index is 1.89. The third-order valence-electron chi connectivity index (χ3n) is 4.64. The molecule has 1 aliphatic heterocycles. The highest BCUT2D eigenvalue weighted by Crippen LogP contribution is 2.27. The zero-order chi connectivity index (χ0) is 18.2. The van der Waals surface area contributed by atoms with Crippen LogP contribution in [-0.2, 0) is 14.9 Å². The van der Waals surface area contributed by atoms with Crippen molar-refractivity contribution in [2.45, 2.75) is 38.6 Å². The molecule has 6 heteroatoms. The van der Waals surface area contributed by atoms with Crippen LogP contribution in [0.5, 0.6) is 0 Å². The second-order valence-electron chi connectivity index (χ2n) is 7.63. The van der Waals surface area contributed by atoms with Crippen molar-refractivity contribution in [3.05, 3.63) is 35.5 Å². The van der Waals surface area contributed by atoms with Gasteiger partial charge in [-0.1, -0.05) is 26.8 Å². The number of morpholine rings is 1. The van der Waals surface area contributed by atoms with Crippen LogP contribution in [0, 0.1) is 0 Å². The standard InChI is InChI=1S/C19H25N3O3/c1-19(2,3)13-4-5-15-12(8-13)9-16(21-15)18(24)22-6-7-25-11-14(22)10-17(20)23/h4-5,8-9,14,21H,6-7,10-11H2,1-3H3,(H2,20,23). The first-order valence-electron chi connectivity index (χ1n) is 8.56. The Labute approximate surface area is 147 Å². The molecule has 25 heavy (non-hydrogen) atoms. The van der Waals surface area contributed by atoms with E-state index in [4.69, 9.17) is 10.5 Å². The maximum Gasteiger partial charge on any atom is 0.270 e. The number of fused-ring (bicyclic) bond motifs is 1. The number of ether oxygens (including phenoxy) is 1. The molecule has 0 aliphatic carbocycles. The van der Waals surface area contributed by atoms with Crippen molar-refractivity contribution in [1.29, 1.82) is 0 Å². The van der Waals surface area contributed by atoms with Gasteiger partial charge in [0, 0.05) is 23.9 Å². The molecule has 134 valence electrons. The molecule has 1 fully saturated rings. The van der Waals surface area contributed by atoms with Gasteiger partial charge in [-0.05, 0) is 29.2 Å². The van der Waals surface area contributed by atoms with Crippen molar-refractivity contribution >= 4 is 22.7 Å². The number of amides is 2. The summed E-state index contributed by atoms with van der Waals surface area (Å²) in [6.07, 6.45) is 0.111. The van der Waals surface area contributed by atoms with E-state index in [1.54, 1.807) is 4.90 Å². The zero-order valence-corrected chi connectivity index (χ0v) is 15.0. The molecule has 3 rings (SSSR count). The van der Waals surface area contributed by atoms with Gasteiger partial charge in [0.25, 0.3) is 5.91 Å². The predicted octanol–water partition coefficient (Wildman–Crippen LogP) is 2.18. The summed E-state index contributed by atoms with van der Waals surface area (Å²) in [7, 11) is 0. The number of carbonyl (C=O) groups is 2. The molecule has 1 aromatic carbocycles. The average molecular weight is 343 g/mol. The van der Waals surface area contributed by atoms with Crippen LogP contribution in [0.1, 0.15) is 43.2 Å². The van der Waals surface area contributed by atoms with Gasteiger partial charge in [-0.2, -0.15) is 0 Å². The van der Waals surface area contributed by atoms with E-state index in [1.165, 1.54) is 5.56 Å². The normalized spacial score (nSPS) is 18.5. The smallest absolute Gasteiger partial charge is 0.270 e. The first-order valence-corrected chi connectivity index (χ1v) is 8.56. The number of nitrogens with two attached hydrogens (primary N) is 1. The molecule has 0 bridgehead atoms. The molecule has 6 nitrogen and oxygen atoms in total. The fourth-order valence-electron chi connectivity index (χ4n) is 3.19. The second-order valence-corrected chi connectivity index (χ2v) is 7.63. The van der Waals surface area contributed by atoms with Crippen LogP contribution < -0.4 is 5.73 Å². The van der Waals surface area contributed by atoms with Crippen molar-refractivity contribution < 1.29 is 14.3 Å². The van der Waals surface area contributed by atoms with Crippen LogP contribution in [0.4, 0.5) is 0 Å². The predicted molar refractivity (Wildman–Crippen MR) is 96.5 cm³/mol. The fraction of sp³-hybridized carbons (Fsp3) is 0.474. The summed E-state index contributed by atoms with van der Waals surface area (Å²) >= 11 is 0. The molecule has 2 aromatic rings. The lowest BCUT2D eigenvalue weighted by Gasteiger charge is -2.34. The summed E-state index contributed by atoms with van der Waals surface area (Å²) in [6, 6.07) is 7.77. The number of hydrogen-bond donors (Lipinski definition) is 2. The monoisotopic (exact) mass is 343 g/mol. The lowest BCUT2D eigenvalue weighted by atomic mass is 9.86. The number of benzene rings is 1. The maximum absolute atomic E-state index is 12.9. The number of hydrogen-bond acceptors (Lipinski definition) is 3. The molecule has 3 N–H and O–H groups in total. The van der Waals surface area contributed by atoms with Crippen LogP contribution >= 0.6 is 0 Å². The van der Waals surface area contributed by atoms with E-state index in [0.717, 1.165) is 10.9 Å². The quantitative estimate of drug-likeness (QED) is 0.895. The van der Waals surface area contributed by atoms with Gasteiger partial charge in [-0.15, -0.1) is 0 Å². The molecule has 0 saturated carbocycles. The third-order valence-corrected chi connectivity index (χ3v) is 4.64. The summed E-state index contributed by atoms with van der Waals surface area (Å²) < 4.78 is 5.40. The highest BCUT2D eigenvalue weighted by Gasteiger charge is 2.30. The summed E-state index contributed by atoms with van der Waals surface area (Å²) in [4.78, 5) is 29.1. The molecule has 1 atom stereocenters. The molecular weight excluding hydrogens is 318 g/mol. The van der Waals surface area contributed by atoms with Crippen LogP contribution in [-0.4, -0.2) is 47.5 Å². The van der Waals surface area contributed by atoms with E-state index < -0.39 is 5.91 Å². The lowest BCUT2D eigenvalue weighted by Crippen LogP contribution is -2.50. The van der Waals surface area contributed by atoms with Crippen LogP contribution in [0.2, 0.25) is 0 Å². The number of aromatic nitrogens is 1. The summed E-state index contributed by atoms with van der Waals surface area (Å²) in [5.74, 6) is -0.553. The number of H-pyrrole nitrogens is 1. The van der Waals surface area contributed by atoms with Crippen molar-refractivity contribution in [2.75, 3.05) is 19.8 Å². The topological polar surface area (TPSA) is 88.4 Å². The summed E-state index contributed by atoms with van der Waals surface area (Å²) in [6.45, 7) is 7.75. The zero-order valence-electron chi connectivity index (χ0n) is 15.0. The Morgan fingerprint density at radius 2 is 2.08 bits per heavy atom. The van der Waals surface area contributed by atoms with Gasteiger partial charge in [0.2, 0.25) is 5.91 Å². The Morgan fingerprint density at radius 3 is 2.76 bits per heavy atom. The van der Waals surface area contributed by atoms with Gasteiger partial charge >= 0.3 is 0 Å². The van der Waals surface area contributed by atoms with E-state index >= 15 is 0 Å². The first-order chi connectivity index (χ1) is 11.8. The Bertz CT molecular complexity index is 804. The van der Waals surface area contributed by atoms with Crippen LogP contribution in [0.15, 0.2) is 24.3 Å². The number of primary amides is 1. The minimum atomic E-state index is -0.431. The maximum atomic E-state index is 12.9. The van der Waals surface area contributed by atoms with Crippen LogP contribution in [0.25, 0.3) is 10.9 Å². The second kappa shape index (κ2) is 6.52. The third kappa shape index (κ3) is 3.69. The number of aromatic amines is 1. The highest BCUT2D eigenvalue weighted by atomic mass is 16.5. The fourth-order valence-corrected chi connectivity index (χ4v) is 3.19. The Hall–Kier alpha value is -2.34. The van der Waals surface area contributed by atoms with Crippen LogP contribution in [0.3, 0.4) is 0 Å². The molecule has 0 spiro atoms. The summed E-state index contributed by atoms with van der Waals surface area (Å²) in [5, 5.41) is 1.01. The van der Waals surface area contributed by atoms with E-state index in [2.05, 4.69) is 37.9 Å². The Morgan fingerprint density at radius 1 is 1.32 bits per heavy atom.